The van der Waals surface area contributed by atoms with E-state index in [0.29, 0.717) is 0 Å². The van der Waals surface area contributed by atoms with Crippen LogP contribution in [-0.4, -0.2) is 32.0 Å². The third-order valence-corrected chi connectivity index (χ3v) is 9.47. The van der Waals surface area contributed by atoms with Crippen molar-refractivity contribution in [3.8, 4) is 0 Å². The maximum atomic E-state index is 7.24. The number of rotatable bonds is 24. The molecule has 0 saturated carbocycles. The fourth-order valence-corrected chi connectivity index (χ4v) is 8.87. The Morgan fingerprint density at radius 1 is 0.324 bits per heavy atom. The van der Waals surface area contributed by atoms with Crippen LogP contribution in [0.2, 0.25) is 0 Å². The predicted octanol–water partition coefficient (Wildman–Crippen LogP) is 10.4. The molecule has 0 aromatic heterocycles. The van der Waals surface area contributed by atoms with E-state index in [9.17, 15) is 0 Å². The standard InChI is InChI=1S/3C10H21O.Al/c3*1-4-7-10(11,8-5-2)9-6-3;/h3*4-9H2,1-3H3;/q3*-1;+2. The van der Waals surface area contributed by atoms with Crippen LogP contribution in [0.15, 0.2) is 0 Å². The van der Waals surface area contributed by atoms with Gasteiger partial charge < -0.3 is 11.4 Å². The van der Waals surface area contributed by atoms with E-state index < -0.39 is 15.1 Å². The van der Waals surface area contributed by atoms with Crippen molar-refractivity contribution >= 4 is 15.1 Å². The highest BCUT2D eigenvalue weighted by Gasteiger charge is 2.38. The summed E-state index contributed by atoms with van der Waals surface area (Å²) in [6.07, 6.45) is 20.3. The van der Waals surface area contributed by atoms with Gasteiger partial charge in [0.05, 0.1) is 0 Å². The summed E-state index contributed by atoms with van der Waals surface area (Å²) in [6, 6.07) is 0. The molecule has 0 heterocycles. The second kappa shape index (κ2) is 19.5. The van der Waals surface area contributed by atoms with Crippen LogP contribution in [0, 0.1) is 0 Å². The lowest BCUT2D eigenvalue weighted by Crippen LogP contribution is -2.51. The average molecular weight is 499 g/mol. The molecule has 4 heteroatoms. The topological polar surface area (TPSA) is 27.7 Å². The molecule has 0 aromatic rings. The molecule has 0 spiro atoms. The third-order valence-electron chi connectivity index (χ3n) is 7.39. The van der Waals surface area contributed by atoms with E-state index in [1.807, 2.05) is 0 Å². The SMILES string of the molecule is CCCC(CCC)(CCC)[O][Al-]([O]C(CCC)(CCC)CCC)[O]C(CCC)(CCC)CCC. The smallest absolute Gasteiger partial charge is 0.560 e. The summed E-state index contributed by atoms with van der Waals surface area (Å²) in [4.78, 5) is 0. The molecule has 0 fully saturated rings. The molecule has 0 saturated heterocycles. The Kier molecular flexibility index (Phi) is 19.8. The van der Waals surface area contributed by atoms with Crippen LogP contribution >= 0.6 is 0 Å². The van der Waals surface area contributed by atoms with Gasteiger partial charge >= 0.3 is 15.1 Å². The van der Waals surface area contributed by atoms with Crippen molar-refractivity contribution in [2.24, 2.45) is 0 Å². The van der Waals surface area contributed by atoms with Gasteiger partial charge in [-0.05, 0) is 57.8 Å². The molecule has 1 radical (unpaired) electrons. The minimum Gasteiger partial charge on any atom is -0.629 e. The lowest BCUT2D eigenvalue weighted by Gasteiger charge is -2.53. The van der Waals surface area contributed by atoms with E-state index in [4.69, 9.17) is 11.4 Å². The Morgan fingerprint density at radius 3 is 0.588 bits per heavy atom. The summed E-state index contributed by atoms with van der Waals surface area (Å²) in [5, 5.41) is 0. The lowest BCUT2D eigenvalue weighted by molar-refractivity contribution is -0.110. The quantitative estimate of drug-likeness (QED) is 0.124. The predicted molar refractivity (Wildman–Crippen MR) is 151 cm³/mol. The van der Waals surface area contributed by atoms with Crippen molar-refractivity contribution < 1.29 is 11.4 Å². The molecule has 34 heavy (non-hydrogen) atoms. The minimum absolute atomic E-state index is 0.0953. The lowest BCUT2D eigenvalue weighted by atomic mass is 9.88. The molecule has 0 aliphatic rings. The van der Waals surface area contributed by atoms with Gasteiger partial charge in [-0.2, -0.15) is 0 Å². The molecule has 0 bridgehead atoms. The Balaban J connectivity index is 6.41. The first-order valence-corrected chi connectivity index (χ1v) is 16.8. The highest BCUT2D eigenvalue weighted by atomic mass is 27.3. The molecular formula is C30H63AlO3-. The molecular weight excluding hydrogens is 435 g/mol. The van der Waals surface area contributed by atoms with E-state index in [-0.39, 0.29) is 16.8 Å². The number of hydrogen-bond donors (Lipinski definition) is 0. The summed E-state index contributed by atoms with van der Waals surface area (Å²) in [5.41, 5.74) is -0.286. The largest absolute Gasteiger partial charge is 0.629 e. The summed E-state index contributed by atoms with van der Waals surface area (Å²) < 4.78 is 21.7. The van der Waals surface area contributed by atoms with Crippen LogP contribution in [0.4, 0.5) is 0 Å². The maximum absolute atomic E-state index is 7.24. The van der Waals surface area contributed by atoms with Gasteiger partial charge in [-0.15, -0.1) is 0 Å². The zero-order chi connectivity index (χ0) is 25.9. The molecule has 0 rings (SSSR count). The first-order valence-electron chi connectivity index (χ1n) is 15.4. The van der Waals surface area contributed by atoms with Crippen LogP contribution in [0.1, 0.15) is 178 Å². The van der Waals surface area contributed by atoms with Crippen molar-refractivity contribution in [1.82, 2.24) is 0 Å². The monoisotopic (exact) mass is 498 g/mol. The summed E-state index contributed by atoms with van der Waals surface area (Å²) in [5.74, 6) is 0. The Bertz CT molecular complexity index is 350. The van der Waals surface area contributed by atoms with Crippen LogP contribution in [0.3, 0.4) is 0 Å². The van der Waals surface area contributed by atoms with Gasteiger partial charge in [-0.3, -0.25) is 0 Å². The molecule has 3 nitrogen and oxygen atoms in total. The van der Waals surface area contributed by atoms with Crippen molar-refractivity contribution in [3.63, 3.8) is 0 Å². The van der Waals surface area contributed by atoms with Gasteiger partial charge in [0.2, 0.25) is 0 Å². The van der Waals surface area contributed by atoms with Gasteiger partial charge in [-0.25, -0.2) is 0 Å². The maximum Gasteiger partial charge on any atom is 0.560 e. The second-order valence-corrected chi connectivity index (χ2v) is 12.2. The summed E-state index contributed by atoms with van der Waals surface area (Å²) in [7, 11) is 0. The Hall–Kier alpha value is 0.412. The minimum atomic E-state index is -2.39. The summed E-state index contributed by atoms with van der Waals surface area (Å²) in [6.45, 7) is 20.7. The zero-order valence-electron chi connectivity index (χ0n) is 25.0. The first kappa shape index (κ1) is 34.4. The van der Waals surface area contributed by atoms with Crippen LogP contribution in [0.25, 0.3) is 0 Å². The van der Waals surface area contributed by atoms with Crippen LogP contribution in [0.5, 0.6) is 0 Å². The van der Waals surface area contributed by atoms with Crippen LogP contribution < -0.4 is 0 Å². The van der Waals surface area contributed by atoms with Gasteiger partial charge in [0, 0.05) is 16.8 Å². The van der Waals surface area contributed by atoms with E-state index >= 15 is 0 Å². The second-order valence-electron chi connectivity index (χ2n) is 10.9. The zero-order valence-corrected chi connectivity index (χ0v) is 26.2. The average Bonchev–Trinajstić information content (AvgIpc) is 2.75. The molecule has 0 amide bonds. The molecule has 0 atom stereocenters. The molecule has 205 valence electrons. The normalized spacial score (nSPS) is 13.2. The Morgan fingerprint density at radius 2 is 0.471 bits per heavy atom. The first-order chi connectivity index (χ1) is 16.3. The van der Waals surface area contributed by atoms with Crippen molar-refractivity contribution in [2.75, 3.05) is 0 Å². The molecule has 0 aromatic carbocycles. The van der Waals surface area contributed by atoms with E-state index in [1.165, 1.54) is 0 Å². The summed E-state index contributed by atoms with van der Waals surface area (Å²) >= 11 is -2.39. The van der Waals surface area contributed by atoms with Gasteiger partial charge in [-0.1, -0.05) is 120 Å². The molecule has 0 unspecified atom stereocenters. The van der Waals surface area contributed by atoms with Gasteiger partial charge in [0.15, 0.2) is 0 Å². The molecule has 0 N–H and O–H groups in total. The van der Waals surface area contributed by atoms with Crippen molar-refractivity contribution in [2.45, 2.75) is 195 Å². The fourth-order valence-electron chi connectivity index (χ4n) is 6.44. The molecule has 0 aliphatic carbocycles. The highest BCUT2D eigenvalue weighted by Crippen LogP contribution is 2.38. The van der Waals surface area contributed by atoms with Crippen molar-refractivity contribution in [1.29, 1.82) is 0 Å². The van der Waals surface area contributed by atoms with Crippen molar-refractivity contribution in [3.05, 3.63) is 0 Å². The molecule has 0 aliphatic heterocycles. The highest BCUT2D eigenvalue weighted by molar-refractivity contribution is 6.37. The Labute approximate surface area is 220 Å². The third kappa shape index (κ3) is 12.1. The van der Waals surface area contributed by atoms with E-state index in [0.717, 1.165) is 116 Å². The van der Waals surface area contributed by atoms with Crippen LogP contribution in [-0.2, 0) is 11.4 Å². The van der Waals surface area contributed by atoms with Gasteiger partial charge in [0.25, 0.3) is 0 Å². The van der Waals surface area contributed by atoms with E-state index in [1.54, 1.807) is 0 Å². The fraction of sp³-hybridized carbons (Fsp3) is 1.00. The van der Waals surface area contributed by atoms with E-state index in [2.05, 4.69) is 62.3 Å². The number of hydrogen-bond acceptors (Lipinski definition) is 3. The van der Waals surface area contributed by atoms with Gasteiger partial charge in [0.1, 0.15) is 0 Å².